The van der Waals surface area contributed by atoms with E-state index in [9.17, 15) is 9.00 Å². The molecule has 9 heteroatoms. The Kier molecular flexibility index (Phi) is 7.40. The SMILES string of the molecule is CCS(=O)Nc1ccc2nccc(Oc3ccc(CC(=O)Nc4cnn(C(C)(C)C)c4)cc3C)c2c1. The molecule has 0 fully saturated rings. The van der Waals surface area contributed by atoms with Crippen LogP contribution in [-0.4, -0.2) is 30.6 Å². The second-order valence-electron chi connectivity index (χ2n) is 9.55. The highest BCUT2D eigenvalue weighted by Crippen LogP contribution is 2.32. The van der Waals surface area contributed by atoms with Crippen LogP contribution in [0.4, 0.5) is 11.4 Å². The van der Waals surface area contributed by atoms with Crippen molar-refractivity contribution in [1.29, 1.82) is 0 Å². The number of nitrogens with zero attached hydrogens (tertiary/aromatic N) is 3. The number of amides is 1. The third kappa shape index (κ3) is 6.09. The number of fused-ring (bicyclic) bond motifs is 1. The minimum Gasteiger partial charge on any atom is -0.456 e. The molecule has 0 aliphatic rings. The minimum absolute atomic E-state index is 0.110. The van der Waals surface area contributed by atoms with E-state index < -0.39 is 11.0 Å². The van der Waals surface area contributed by atoms with Crippen LogP contribution < -0.4 is 14.8 Å². The van der Waals surface area contributed by atoms with Gasteiger partial charge in [-0.05, 0) is 69.2 Å². The number of ether oxygens (including phenoxy) is 1. The third-order valence-corrected chi connectivity index (χ3v) is 6.56. The molecule has 0 saturated carbocycles. The van der Waals surface area contributed by atoms with Crippen LogP contribution >= 0.6 is 0 Å². The van der Waals surface area contributed by atoms with E-state index in [1.807, 2.05) is 61.1 Å². The number of nitrogens with one attached hydrogen (secondary N) is 2. The zero-order valence-corrected chi connectivity index (χ0v) is 22.0. The Balaban J connectivity index is 1.47. The number of aryl methyl sites for hydroxylation is 1. The molecule has 4 aromatic rings. The Hall–Kier alpha value is -3.72. The summed E-state index contributed by atoms with van der Waals surface area (Å²) in [5, 5.41) is 8.05. The zero-order chi connectivity index (χ0) is 25.9. The summed E-state index contributed by atoms with van der Waals surface area (Å²) in [6.45, 7) is 9.97. The Morgan fingerprint density at radius 3 is 2.58 bits per heavy atom. The highest BCUT2D eigenvalue weighted by atomic mass is 32.2. The second kappa shape index (κ2) is 10.5. The van der Waals surface area contributed by atoms with E-state index in [1.54, 1.807) is 18.5 Å². The predicted octanol–water partition coefficient (Wildman–Crippen LogP) is 5.56. The summed E-state index contributed by atoms with van der Waals surface area (Å²) < 4.78 is 23.0. The number of benzene rings is 2. The van der Waals surface area contributed by atoms with Crippen molar-refractivity contribution in [2.75, 3.05) is 15.8 Å². The quantitative estimate of drug-likeness (QED) is 0.327. The normalized spacial score (nSPS) is 12.4. The van der Waals surface area contributed by atoms with Gasteiger partial charge in [0.25, 0.3) is 0 Å². The van der Waals surface area contributed by atoms with Crippen molar-refractivity contribution in [2.24, 2.45) is 0 Å². The van der Waals surface area contributed by atoms with Crippen LogP contribution in [0.15, 0.2) is 61.1 Å². The molecular weight excluding hydrogens is 474 g/mol. The van der Waals surface area contributed by atoms with Crippen LogP contribution in [0.25, 0.3) is 10.9 Å². The summed E-state index contributed by atoms with van der Waals surface area (Å²) in [6, 6.07) is 13.1. The molecular formula is C27H31N5O3S. The number of carbonyl (C=O) groups is 1. The molecule has 36 heavy (non-hydrogen) atoms. The number of hydrogen-bond acceptors (Lipinski definition) is 5. The Morgan fingerprint density at radius 1 is 1.08 bits per heavy atom. The predicted molar refractivity (Wildman–Crippen MR) is 145 cm³/mol. The van der Waals surface area contributed by atoms with Crippen molar-refractivity contribution in [3.8, 4) is 11.5 Å². The maximum atomic E-state index is 12.6. The molecule has 2 heterocycles. The molecule has 1 amide bonds. The fourth-order valence-corrected chi connectivity index (χ4v) is 4.21. The van der Waals surface area contributed by atoms with Crippen LogP contribution in [0.3, 0.4) is 0 Å². The van der Waals surface area contributed by atoms with Gasteiger partial charge in [-0.3, -0.25) is 14.5 Å². The van der Waals surface area contributed by atoms with E-state index >= 15 is 0 Å². The summed E-state index contributed by atoms with van der Waals surface area (Å²) in [6.07, 6.45) is 5.43. The molecule has 0 spiro atoms. The molecule has 1 atom stereocenters. The molecule has 0 aliphatic heterocycles. The fourth-order valence-electron chi connectivity index (χ4n) is 3.68. The molecule has 1 unspecified atom stereocenters. The van der Waals surface area contributed by atoms with Crippen LogP contribution in [0.2, 0.25) is 0 Å². The maximum Gasteiger partial charge on any atom is 0.228 e. The lowest BCUT2D eigenvalue weighted by Gasteiger charge is -2.18. The van der Waals surface area contributed by atoms with Crippen molar-refractivity contribution in [3.05, 3.63) is 72.2 Å². The van der Waals surface area contributed by atoms with Gasteiger partial charge in [0.05, 0.1) is 29.4 Å². The number of pyridine rings is 1. The van der Waals surface area contributed by atoms with E-state index in [0.29, 0.717) is 22.9 Å². The van der Waals surface area contributed by atoms with Gasteiger partial charge < -0.3 is 14.8 Å². The van der Waals surface area contributed by atoms with Crippen molar-refractivity contribution < 1.29 is 13.7 Å². The fraction of sp³-hybridized carbons (Fsp3) is 0.296. The van der Waals surface area contributed by atoms with E-state index in [-0.39, 0.29) is 17.9 Å². The summed E-state index contributed by atoms with van der Waals surface area (Å²) in [5.41, 5.74) is 3.84. The highest BCUT2D eigenvalue weighted by Gasteiger charge is 2.15. The first kappa shape index (κ1) is 25.4. The van der Waals surface area contributed by atoms with E-state index in [0.717, 1.165) is 27.7 Å². The van der Waals surface area contributed by atoms with Gasteiger partial charge in [-0.1, -0.05) is 19.1 Å². The lowest BCUT2D eigenvalue weighted by atomic mass is 10.1. The molecule has 0 bridgehead atoms. The van der Waals surface area contributed by atoms with Gasteiger partial charge in [-0.15, -0.1) is 0 Å². The van der Waals surface area contributed by atoms with Crippen LogP contribution in [-0.2, 0) is 27.7 Å². The second-order valence-corrected chi connectivity index (χ2v) is 11.0. The number of hydrogen-bond donors (Lipinski definition) is 2. The van der Waals surface area contributed by atoms with Gasteiger partial charge in [0, 0.05) is 29.2 Å². The van der Waals surface area contributed by atoms with Gasteiger partial charge >= 0.3 is 0 Å². The molecule has 2 N–H and O–H groups in total. The Bertz CT molecular complexity index is 1420. The molecule has 188 valence electrons. The van der Waals surface area contributed by atoms with Crippen molar-refractivity contribution in [3.63, 3.8) is 0 Å². The summed E-state index contributed by atoms with van der Waals surface area (Å²) in [7, 11) is -1.14. The smallest absolute Gasteiger partial charge is 0.228 e. The van der Waals surface area contributed by atoms with E-state index in [4.69, 9.17) is 4.74 Å². The molecule has 0 radical (unpaired) electrons. The average Bonchev–Trinajstić information content (AvgIpc) is 3.30. The summed E-state index contributed by atoms with van der Waals surface area (Å²) in [5.74, 6) is 1.74. The van der Waals surface area contributed by atoms with Gasteiger partial charge in [-0.2, -0.15) is 5.10 Å². The molecule has 0 saturated heterocycles. The lowest BCUT2D eigenvalue weighted by molar-refractivity contribution is -0.115. The van der Waals surface area contributed by atoms with E-state index in [1.165, 1.54) is 0 Å². The molecule has 8 nitrogen and oxygen atoms in total. The van der Waals surface area contributed by atoms with E-state index in [2.05, 4.69) is 40.9 Å². The van der Waals surface area contributed by atoms with Crippen molar-refractivity contribution >= 4 is 39.2 Å². The molecule has 0 aliphatic carbocycles. The Labute approximate surface area is 213 Å². The topological polar surface area (TPSA) is 98.1 Å². The number of anilines is 2. The number of aromatic nitrogens is 3. The van der Waals surface area contributed by atoms with Crippen LogP contribution in [0.1, 0.15) is 38.8 Å². The largest absolute Gasteiger partial charge is 0.456 e. The minimum atomic E-state index is -1.14. The van der Waals surface area contributed by atoms with Crippen LogP contribution in [0, 0.1) is 6.92 Å². The number of carbonyl (C=O) groups excluding carboxylic acids is 1. The highest BCUT2D eigenvalue weighted by molar-refractivity contribution is 7.86. The standard InChI is InChI=1S/C27H31N5O3S/c1-6-36(34)31-20-8-9-23-22(15-20)25(11-12-28-23)35-24-10-7-19(13-18(24)2)14-26(33)30-21-16-29-32(17-21)27(3,4)5/h7-13,15-17,31H,6,14H2,1-5H3,(H,30,33). The first-order chi connectivity index (χ1) is 17.1. The van der Waals surface area contributed by atoms with Gasteiger partial charge in [-0.25, -0.2) is 4.21 Å². The number of rotatable bonds is 8. The monoisotopic (exact) mass is 505 g/mol. The van der Waals surface area contributed by atoms with Gasteiger partial charge in [0.1, 0.15) is 22.5 Å². The van der Waals surface area contributed by atoms with Gasteiger partial charge in [0.2, 0.25) is 5.91 Å². The summed E-state index contributed by atoms with van der Waals surface area (Å²) >= 11 is 0. The Morgan fingerprint density at radius 2 is 1.89 bits per heavy atom. The summed E-state index contributed by atoms with van der Waals surface area (Å²) in [4.78, 5) is 17.0. The third-order valence-electron chi connectivity index (χ3n) is 5.57. The first-order valence-electron chi connectivity index (χ1n) is 11.8. The van der Waals surface area contributed by atoms with Gasteiger partial charge in [0.15, 0.2) is 0 Å². The van der Waals surface area contributed by atoms with Crippen molar-refractivity contribution in [1.82, 2.24) is 14.8 Å². The van der Waals surface area contributed by atoms with Crippen LogP contribution in [0.5, 0.6) is 11.5 Å². The maximum absolute atomic E-state index is 12.6. The molecule has 2 aromatic heterocycles. The lowest BCUT2D eigenvalue weighted by Crippen LogP contribution is -2.22. The molecule has 2 aromatic carbocycles. The molecule has 4 rings (SSSR count). The van der Waals surface area contributed by atoms with Crippen molar-refractivity contribution in [2.45, 2.75) is 46.6 Å². The first-order valence-corrected chi connectivity index (χ1v) is 13.1. The zero-order valence-electron chi connectivity index (χ0n) is 21.2. The average molecular weight is 506 g/mol.